The molecular formula is C8H14N4. The first-order valence-corrected chi connectivity index (χ1v) is 4.40. The zero-order valence-electron chi connectivity index (χ0n) is 7.49. The van der Waals surface area contributed by atoms with Gasteiger partial charge in [0.25, 0.3) is 0 Å². The van der Waals surface area contributed by atoms with Crippen LogP contribution in [0.4, 0.5) is 0 Å². The molecule has 1 atom stereocenters. The summed E-state index contributed by atoms with van der Waals surface area (Å²) in [7, 11) is 1.95. The van der Waals surface area contributed by atoms with Crippen LogP contribution >= 0.6 is 0 Å². The van der Waals surface area contributed by atoms with Crippen LogP contribution in [0.5, 0.6) is 0 Å². The Balaban J connectivity index is 2.23. The van der Waals surface area contributed by atoms with Crippen molar-refractivity contribution >= 4 is 0 Å². The van der Waals surface area contributed by atoms with Crippen molar-refractivity contribution in [3.63, 3.8) is 0 Å². The van der Waals surface area contributed by atoms with Crippen LogP contribution in [-0.2, 0) is 0 Å². The van der Waals surface area contributed by atoms with Gasteiger partial charge in [-0.15, -0.1) is 5.10 Å². The predicted octanol–water partition coefficient (Wildman–Crippen LogP) is 0.893. The van der Waals surface area contributed by atoms with Crippen molar-refractivity contribution in [3.05, 3.63) is 11.9 Å². The first kappa shape index (κ1) is 7.73. The Labute approximate surface area is 72.0 Å². The molecule has 0 saturated heterocycles. The molecule has 0 aromatic carbocycles. The lowest BCUT2D eigenvalue weighted by atomic mass is 10.2. The van der Waals surface area contributed by atoms with Gasteiger partial charge >= 0.3 is 0 Å². The fourth-order valence-corrected chi connectivity index (χ4v) is 1.31. The molecule has 1 N–H and O–H groups in total. The molecule has 12 heavy (non-hydrogen) atoms. The summed E-state index contributed by atoms with van der Waals surface area (Å²) < 4.78 is 2.04. The molecule has 1 aliphatic carbocycles. The van der Waals surface area contributed by atoms with E-state index in [0.29, 0.717) is 12.1 Å². The van der Waals surface area contributed by atoms with E-state index in [1.165, 1.54) is 18.5 Å². The number of nitrogens with one attached hydrogen (secondary N) is 1. The zero-order chi connectivity index (χ0) is 8.55. The highest BCUT2D eigenvalue weighted by Crippen LogP contribution is 2.35. The Morgan fingerprint density at radius 1 is 1.67 bits per heavy atom. The summed E-state index contributed by atoms with van der Waals surface area (Å²) in [6.07, 6.45) is 4.36. The van der Waals surface area contributed by atoms with Crippen molar-refractivity contribution in [1.29, 1.82) is 0 Å². The van der Waals surface area contributed by atoms with Crippen molar-refractivity contribution in [2.45, 2.75) is 31.8 Å². The van der Waals surface area contributed by atoms with Gasteiger partial charge in [0.1, 0.15) is 0 Å². The topological polar surface area (TPSA) is 42.7 Å². The highest BCUT2D eigenvalue weighted by Gasteiger charge is 2.27. The molecule has 0 radical (unpaired) electrons. The fraction of sp³-hybridized carbons (Fsp3) is 0.750. The number of hydrogen-bond donors (Lipinski definition) is 1. The highest BCUT2D eigenvalue weighted by molar-refractivity contribution is 5.03. The summed E-state index contributed by atoms with van der Waals surface area (Å²) in [5, 5.41) is 11.2. The largest absolute Gasteiger partial charge is 0.312 e. The number of aromatic nitrogens is 3. The maximum absolute atomic E-state index is 4.07. The van der Waals surface area contributed by atoms with Gasteiger partial charge in [0.15, 0.2) is 0 Å². The van der Waals surface area contributed by atoms with Gasteiger partial charge in [-0.2, -0.15) is 0 Å². The van der Waals surface area contributed by atoms with Crippen LogP contribution in [0.25, 0.3) is 0 Å². The van der Waals surface area contributed by atoms with E-state index < -0.39 is 0 Å². The minimum absolute atomic E-state index is 0.348. The van der Waals surface area contributed by atoms with Crippen LogP contribution in [0.3, 0.4) is 0 Å². The first-order valence-electron chi connectivity index (χ1n) is 4.40. The molecule has 0 spiro atoms. The van der Waals surface area contributed by atoms with E-state index in [-0.39, 0.29) is 0 Å². The zero-order valence-corrected chi connectivity index (χ0v) is 7.49. The number of nitrogens with zero attached hydrogens (tertiary/aromatic N) is 3. The second-order valence-corrected chi connectivity index (χ2v) is 3.34. The van der Waals surface area contributed by atoms with Crippen LogP contribution < -0.4 is 5.32 Å². The van der Waals surface area contributed by atoms with E-state index in [1.807, 2.05) is 17.9 Å². The van der Waals surface area contributed by atoms with Crippen LogP contribution in [0, 0.1) is 0 Å². The standard InChI is InChI=1S/C8H14N4/c1-6(9-2)8-5-10-11-12(8)7-3-4-7/h5-7,9H,3-4H2,1-2H3. The van der Waals surface area contributed by atoms with Gasteiger partial charge in [0.2, 0.25) is 0 Å². The van der Waals surface area contributed by atoms with Gasteiger partial charge in [-0.25, -0.2) is 4.68 Å². The monoisotopic (exact) mass is 166 g/mol. The molecule has 2 rings (SSSR count). The normalized spacial score (nSPS) is 19.5. The van der Waals surface area contributed by atoms with Gasteiger partial charge in [0.05, 0.1) is 17.9 Å². The molecule has 4 heteroatoms. The van der Waals surface area contributed by atoms with Crippen molar-refractivity contribution in [3.8, 4) is 0 Å². The molecule has 0 bridgehead atoms. The lowest BCUT2D eigenvalue weighted by Gasteiger charge is -2.10. The van der Waals surface area contributed by atoms with Crippen LogP contribution in [0.1, 0.15) is 37.5 Å². The molecule has 1 heterocycles. The third-order valence-electron chi connectivity index (χ3n) is 2.37. The van der Waals surface area contributed by atoms with Crippen LogP contribution in [0.2, 0.25) is 0 Å². The second-order valence-electron chi connectivity index (χ2n) is 3.34. The lowest BCUT2D eigenvalue weighted by molar-refractivity contribution is 0.526. The predicted molar refractivity (Wildman–Crippen MR) is 45.8 cm³/mol. The fourth-order valence-electron chi connectivity index (χ4n) is 1.31. The number of rotatable bonds is 3. The quantitative estimate of drug-likeness (QED) is 0.725. The number of hydrogen-bond acceptors (Lipinski definition) is 3. The van der Waals surface area contributed by atoms with Gasteiger partial charge in [-0.1, -0.05) is 5.21 Å². The minimum atomic E-state index is 0.348. The average molecular weight is 166 g/mol. The summed E-state index contributed by atoms with van der Waals surface area (Å²) in [5.74, 6) is 0. The van der Waals surface area contributed by atoms with Crippen molar-refractivity contribution < 1.29 is 0 Å². The molecule has 4 nitrogen and oxygen atoms in total. The molecule has 1 aromatic rings. The third-order valence-corrected chi connectivity index (χ3v) is 2.37. The Kier molecular flexibility index (Phi) is 1.84. The molecule has 1 fully saturated rings. The molecule has 1 unspecified atom stereocenters. The lowest BCUT2D eigenvalue weighted by Crippen LogP contribution is -2.16. The summed E-state index contributed by atoms with van der Waals surface area (Å²) in [5.41, 5.74) is 1.19. The molecule has 0 aliphatic heterocycles. The van der Waals surface area contributed by atoms with E-state index in [9.17, 15) is 0 Å². The second kappa shape index (κ2) is 2.86. The molecule has 1 saturated carbocycles. The van der Waals surface area contributed by atoms with E-state index >= 15 is 0 Å². The first-order chi connectivity index (χ1) is 5.83. The van der Waals surface area contributed by atoms with Crippen LogP contribution in [-0.4, -0.2) is 22.0 Å². The molecule has 1 aliphatic rings. The van der Waals surface area contributed by atoms with E-state index in [1.54, 1.807) is 0 Å². The van der Waals surface area contributed by atoms with Gasteiger partial charge in [0, 0.05) is 6.04 Å². The maximum atomic E-state index is 4.07. The maximum Gasteiger partial charge on any atom is 0.0756 e. The minimum Gasteiger partial charge on any atom is -0.312 e. The summed E-state index contributed by atoms with van der Waals surface area (Å²) in [4.78, 5) is 0. The van der Waals surface area contributed by atoms with Crippen molar-refractivity contribution in [2.24, 2.45) is 0 Å². The van der Waals surface area contributed by atoms with Gasteiger partial charge < -0.3 is 5.32 Å². The molecular weight excluding hydrogens is 152 g/mol. The van der Waals surface area contributed by atoms with Gasteiger partial charge in [-0.05, 0) is 26.8 Å². The van der Waals surface area contributed by atoms with Gasteiger partial charge in [-0.3, -0.25) is 0 Å². The Morgan fingerprint density at radius 2 is 2.42 bits per heavy atom. The molecule has 66 valence electrons. The molecule has 1 aromatic heterocycles. The Bertz CT molecular complexity index is 264. The smallest absolute Gasteiger partial charge is 0.0756 e. The van der Waals surface area contributed by atoms with E-state index in [2.05, 4.69) is 22.6 Å². The Morgan fingerprint density at radius 3 is 3.00 bits per heavy atom. The molecule has 0 amide bonds. The SMILES string of the molecule is CNC(C)c1cnnn1C1CC1. The van der Waals surface area contributed by atoms with Crippen molar-refractivity contribution in [1.82, 2.24) is 20.3 Å². The van der Waals surface area contributed by atoms with E-state index in [0.717, 1.165) is 0 Å². The third kappa shape index (κ3) is 1.22. The van der Waals surface area contributed by atoms with Crippen LogP contribution in [0.15, 0.2) is 6.20 Å². The summed E-state index contributed by atoms with van der Waals surface area (Å²) in [6, 6.07) is 0.971. The van der Waals surface area contributed by atoms with E-state index in [4.69, 9.17) is 0 Å². The van der Waals surface area contributed by atoms with Crippen molar-refractivity contribution in [2.75, 3.05) is 7.05 Å². The Hall–Kier alpha value is -0.900. The highest BCUT2D eigenvalue weighted by atomic mass is 15.4. The average Bonchev–Trinajstić information content (AvgIpc) is 2.83. The summed E-state index contributed by atoms with van der Waals surface area (Å²) in [6.45, 7) is 2.12. The summed E-state index contributed by atoms with van der Waals surface area (Å²) >= 11 is 0.